The second kappa shape index (κ2) is 6.25. The van der Waals surface area contributed by atoms with Gasteiger partial charge < -0.3 is 5.73 Å². The smallest absolute Gasteiger partial charge is 0.227 e. The first-order valence-electron chi connectivity index (χ1n) is 2.52. The fourth-order valence-electron chi connectivity index (χ4n) is 0.178. The van der Waals surface area contributed by atoms with E-state index in [9.17, 15) is 4.79 Å². The normalized spacial score (nSPS) is 9.11. The van der Waals surface area contributed by atoms with Gasteiger partial charge in [-0.05, 0) is 0 Å². The van der Waals surface area contributed by atoms with E-state index in [4.69, 9.17) is 5.73 Å². The van der Waals surface area contributed by atoms with Gasteiger partial charge in [0.05, 0.1) is 0 Å². The Morgan fingerprint density at radius 3 is 2.89 bits per heavy atom. The summed E-state index contributed by atoms with van der Waals surface area (Å²) < 4.78 is 2.57. The lowest BCUT2D eigenvalue weighted by atomic mass is 10.8. The zero-order chi connectivity index (χ0) is 7.11. The SMILES string of the molecule is CC(=O)NSSCCN. The van der Waals surface area contributed by atoms with Crippen molar-refractivity contribution >= 4 is 27.7 Å². The molecule has 0 radical (unpaired) electrons. The molecule has 0 fully saturated rings. The van der Waals surface area contributed by atoms with E-state index in [1.165, 1.54) is 17.9 Å². The highest BCUT2D eigenvalue weighted by molar-refractivity contribution is 8.76. The average molecular weight is 166 g/mol. The maximum Gasteiger partial charge on any atom is 0.227 e. The van der Waals surface area contributed by atoms with Crippen molar-refractivity contribution in [2.24, 2.45) is 5.73 Å². The van der Waals surface area contributed by atoms with Crippen LogP contribution >= 0.6 is 21.8 Å². The molecule has 3 nitrogen and oxygen atoms in total. The summed E-state index contributed by atoms with van der Waals surface area (Å²) in [6.45, 7) is 2.13. The topological polar surface area (TPSA) is 55.1 Å². The van der Waals surface area contributed by atoms with E-state index in [1.807, 2.05) is 0 Å². The third kappa shape index (κ3) is 8.13. The van der Waals surface area contributed by atoms with E-state index in [0.717, 1.165) is 5.75 Å². The van der Waals surface area contributed by atoms with Crippen LogP contribution < -0.4 is 10.5 Å². The second-order valence-electron chi connectivity index (χ2n) is 1.35. The highest BCUT2D eigenvalue weighted by atomic mass is 33.1. The number of rotatable bonds is 4. The molecule has 3 N–H and O–H groups in total. The van der Waals surface area contributed by atoms with E-state index in [0.29, 0.717) is 6.54 Å². The van der Waals surface area contributed by atoms with Gasteiger partial charge in [0.25, 0.3) is 0 Å². The summed E-state index contributed by atoms with van der Waals surface area (Å²) in [5, 5.41) is 0. The molecule has 0 rings (SSSR count). The van der Waals surface area contributed by atoms with Crippen molar-refractivity contribution in [2.45, 2.75) is 6.92 Å². The van der Waals surface area contributed by atoms with Gasteiger partial charge in [0.2, 0.25) is 5.91 Å². The van der Waals surface area contributed by atoms with E-state index < -0.39 is 0 Å². The predicted octanol–water partition coefficient (Wildman–Crippen LogP) is 0.378. The van der Waals surface area contributed by atoms with Crippen molar-refractivity contribution in [3.8, 4) is 0 Å². The fraction of sp³-hybridized carbons (Fsp3) is 0.750. The van der Waals surface area contributed by atoms with Crippen molar-refractivity contribution < 1.29 is 4.79 Å². The van der Waals surface area contributed by atoms with Crippen LogP contribution in [0.5, 0.6) is 0 Å². The molecule has 0 aliphatic rings. The predicted molar refractivity (Wildman–Crippen MR) is 42.9 cm³/mol. The van der Waals surface area contributed by atoms with Crippen molar-refractivity contribution in [2.75, 3.05) is 12.3 Å². The fourth-order valence-corrected chi connectivity index (χ4v) is 1.60. The lowest BCUT2D eigenvalue weighted by Gasteiger charge is -1.96. The summed E-state index contributed by atoms with van der Waals surface area (Å²) in [4.78, 5) is 10.2. The molecule has 9 heavy (non-hydrogen) atoms. The van der Waals surface area contributed by atoms with E-state index in [1.54, 1.807) is 10.8 Å². The first-order chi connectivity index (χ1) is 4.27. The Morgan fingerprint density at radius 1 is 1.78 bits per heavy atom. The maximum absolute atomic E-state index is 10.2. The van der Waals surface area contributed by atoms with Gasteiger partial charge in [-0.25, -0.2) is 0 Å². The Kier molecular flexibility index (Phi) is 6.34. The zero-order valence-corrected chi connectivity index (χ0v) is 6.85. The number of nitrogens with one attached hydrogen (secondary N) is 1. The summed E-state index contributed by atoms with van der Waals surface area (Å²) >= 11 is 0. The molecule has 0 aromatic heterocycles. The molecule has 1 amide bonds. The minimum atomic E-state index is -0.0236. The second-order valence-corrected chi connectivity index (χ2v) is 3.57. The molecule has 0 heterocycles. The molecule has 0 saturated carbocycles. The number of amides is 1. The summed E-state index contributed by atoms with van der Waals surface area (Å²) in [6.07, 6.45) is 0. The van der Waals surface area contributed by atoms with Gasteiger partial charge in [-0.2, -0.15) is 0 Å². The molecule has 0 aromatic carbocycles. The number of carbonyl (C=O) groups is 1. The van der Waals surface area contributed by atoms with Crippen LogP contribution in [0.25, 0.3) is 0 Å². The maximum atomic E-state index is 10.2. The van der Waals surface area contributed by atoms with Crippen LogP contribution in [-0.4, -0.2) is 18.2 Å². The number of hydrogen-bond donors (Lipinski definition) is 2. The van der Waals surface area contributed by atoms with Crippen LogP contribution in [0.4, 0.5) is 0 Å². The Labute approximate surface area is 62.7 Å². The Morgan fingerprint density at radius 2 is 2.44 bits per heavy atom. The average Bonchev–Trinajstić information content (AvgIpc) is 1.80. The van der Waals surface area contributed by atoms with Crippen molar-refractivity contribution in [3.63, 3.8) is 0 Å². The van der Waals surface area contributed by atoms with Gasteiger partial charge in [0.1, 0.15) is 0 Å². The van der Waals surface area contributed by atoms with Crippen LogP contribution in [0.1, 0.15) is 6.92 Å². The van der Waals surface area contributed by atoms with Gasteiger partial charge in [-0.15, -0.1) is 0 Å². The summed E-state index contributed by atoms with van der Waals surface area (Å²) in [5.41, 5.74) is 5.20. The number of nitrogens with two attached hydrogens (primary N) is 1. The standard InChI is InChI=1S/C4H10N2OS2/c1-4(7)6-9-8-3-2-5/h2-3,5H2,1H3,(H,6,7). The third-order valence-corrected chi connectivity index (χ3v) is 2.44. The Bertz CT molecular complexity index is 88.6. The molecule has 54 valence electrons. The van der Waals surface area contributed by atoms with Crippen LogP contribution in [0.15, 0.2) is 0 Å². The highest BCUT2D eigenvalue weighted by Crippen LogP contribution is 2.14. The van der Waals surface area contributed by atoms with Crippen molar-refractivity contribution in [1.29, 1.82) is 0 Å². The van der Waals surface area contributed by atoms with Gasteiger partial charge in [-0.3, -0.25) is 9.52 Å². The molecule has 5 heteroatoms. The van der Waals surface area contributed by atoms with Gasteiger partial charge in [0, 0.05) is 30.2 Å². The minimum absolute atomic E-state index is 0.0236. The van der Waals surface area contributed by atoms with Crippen molar-refractivity contribution in [1.82, 2.24) is 4.72 Å². The van der Waals surface area contributed by atoms with Crippen molar-refractivity contribution in [3.05, 3.63) is 0 Å². The number of hydrogen-bond acceptors (Lipinski definition) is 4. The third-order valence-electron chi connectivity index (χ3n) is 0.446. The van der Waals surface area contributed by atoms with Gasteiger partial charge in [-0.1, -0.05) is 10.8 Å². The first-order valence-corrected chi connectivity index (χ1v) is 4.84. The highest BCUT2D eigenvalue weighted by Gasteiger charge is 1.89. The monoisotopic (exact) mass is 166 g/mol. The Balaban J connectivity index is 2.83. The minimum Gasteiger partial charge on any atom is -0.330 e. The first kappa shape index (κ1) is 9.13. The summed E-state index contributed by atoms with van der Waals surface area (Å²) in [6, 6.07) is 0. The summed E-state index contributed by atoms with van der Waals surface area (Å²) in [5.74, 6) is 0.842. The van der Waals surface area contributed by atoms with Gasteiger partial charge >= 0.3 is 0 Å². The van der Waals surface area contributed by atoms with Crippen LogP contribution in [0, 0.1) is 0 Å². The Hall–Kier alpha value is 0.130. The molecule has 0 aliphatic heterocycles. The summed E-state index contributed by atoms with van der Waals surface area (Å²) in [7, 11) is 2.86. The molecule has 0 saturated heterocycles. The van der Waals surface area contributed by atoms with Crippen LogP contribution in [-0.2, 0) is 4.79 Å². The molecule has 0 spiro atoms. The number of carbonyl (C=O) groups excluding carboxylic acids is 1. The molecular weight excluding hydrogens is 156 g/mol. The van der Waals surface area contributed by atoms with Gasteiger partial charge in [0.15, 0.2) is 0 Å². The zero-order valence-electron chi connectivity index (χ0n) is 5.22. The lowest BCUT2D eigenvalue weighted by molar-refractivity contribution is -0.117. The molecule has 0 bridgehead atoms. The molecule has 0 aliphatic carbocycles. The van der Waals surface area contributed by atoms with Crippen LogP contribution in [0.3, 0.4) is 0 Å². The molecule has 0 atom stereocenters. The van der Waals surface area contributed by atoms with E-state index in [2.05, 4.69) is 4.72 Å². The van der Waals surface area contributed by atoms with E-state index >= 15 is 0 Å². The molecule has 0 unspecified atom stereocenters. The largest absolute Gasteiger partial charge is 0.330 e. The van der Waals surface area contributed by atoms with Crippen LogP contribution in [0.2, 0.25) is 0 Å². The van der Waals surface area contributed by atoms with E-state index in [-0.39, 0.29) is 5.91 Å². The quantitative estimate of drug-likeness (QED) is 0.360. The molecule has 0 aromatic rings. The lowest BCUT2D eigenvalue weighted by Crippen LogP contribution is -2.09. The molecular formula is C4H10N2OS2.